The Morgan fingerprint density at radius 1 is 1.33 bits per heavy atom. The van der Waals surface area contributed by atoms with E-state index < -0.39 is 35.3 Å². The highest BCUT2D eigenvalue weighted by Crippen LogP contribution is 2.37. The highest BCUT2D eigenvalue weighted by atomic mass is 35.5. The molecule has 0 amide bonds. The summed E-state index contributed by atoms with van der Waals surface area (Å²) in [6.45, 7) is 0. The first-order valence-corrected chi connectivity index (χ1v) is 4.30. The van der Waals surface area contributed by atoms with Crippen molar-refractivity contribution in [2.45, 2.75) is 18.5 Å². The number of hydrogen-bond acceptors (Lipinski definition) is 1. The standard InChI is InChI=1S/C8H5ClF5N/c9-3-5-6(7(10)11)4(1-2-15-5)8(12,13)14/h1-2,7H,3H2. The summed E-state index contributed by atoms with van der Waals surface area (Å²) in [4.78, 5) is 3.38. The molecule has 0 bridgehead atoms. The zero-order valence-electron chi connectivity index (χ0n) is 7.15. The molecule has 7 heteroatoms. The molecule has 0 unspecified atom stereocenters. The number of pyridine rings is 1. The van der Waals surface area contributed by atoms with Crippen LogP contribution >= 0.6 is 11.6 Å². The highest BCUT2D eigenvalue weighted by molar-refractivity contribution is 6.17. The number of alkyl halides is 6. The van der Waals surface area contributed by atoms with E-state index in [0.717, 1.165) is 6.20 Å². The maximum absolute atomic E-state index is 12.4. The van der Waals surface area contributed by atoms with Crippen LogP contribution in [-0.4, -0.2) is 4.98 Å². The van der Waals surface area contributed by atoms with Crippen LogP contribution in [0.5, 0.6) is 0 Å². The Hall–Kier alpha value is -0.910. The van der Waals surface area contributed by atoms with Crippen LogP contribution in [0.3, 0.4) is 0 Å². The molecule has 0 atom stereocenters. The smallest absolute Gasteiger partial charge is 0.260 e. The molecule has 1 heterocycles. The van der Waals surface area contributed by atoms with Gasteiger partial charge in [-0.3, -0.25) is 4.98 Å². The van der Waals surface area contributed by atoms with E-state index in [1.165, 1.54) is 0 Å². The molecule has 0 fully saturated rings. The van der Waals surface area contributed by atoms with E-state index in [4.69, 9.17) is 11.6 Å². The molecule has 0 saturated carbocycles. The second kappa shape index (κ2) is 4.30. The zero-order chi connectivity index (χ0) is 11.6. The van der Waals surface area contributed by atoms with Gasteiger partial charge in [-0.15, -0.1) is 11.6 Å². The highest BCUT2D eigenvalue weighted by Gasteiger charge is 2.37. The number of nitrogens with zero attached hydrogens (tertiary/aromatic N) is 1. The van der Waals surface area contributed by atoms with Crippen molar-refractivity contribution in [2.24, 2.45) is 0 Å². The maximum atomic E-state index is 12.4. The van der Waals surface area contributed by atoms with E-state index in [1.54, 1.807) is 0 Å². The Labute approximate surface area is 86.9 Å². The summed E-state index contributed by atoms with van der Waals surface area (Å²) in [5.74, 6) is -0.483. The molecule has 1 aromatic rings. The largest absolute Gasteiger partial charge is 0.417 e. The molecule has 84 valence electrons. The summed E-state index contributed by atoms with van der Waals surface area (Å²) in [5.41, 5.74) is -2.97. The third kappa shape index (κ3) is 2.56. The average molecular weight is 246 g/mol. The van der Waals surface area contributed by atoms with E-state index in [9.17, 15) is 22.0 Å². The van der Waals surface area contributed by atoms with E-state index in [-0.39, 0.29) is 0 Å². The van der Waals surface area contributed by atoms with Gasteiger partial charge in [-0.1, -0.05) is 0 Å². The number of rotatable bonds is 2. The lowest BCUT2D eigenvalue weighted by molar-refractivity contribution is -0.139. The van der Waals surface area contributed by atoms with Crippen molar-refractivity contribution >= 4 is 11.6 Å². The maximum Gasteiger partial charge on any atom is 0.417 e. The lowest BCUT2D eigenvalue weighted by Gasteiger charge is -2.14. The fourth-order valence-electron chi connectivity index (χ4n) is 1.11. The molecule has 15 heavy (non-hydrogen) atoms. The fourth-order valence-corrected chi connectivity index (χ4v) is 1.33. The van der Waals surface area contributed by atoms with Gasteiger partial charge in [0.05, 0.1) is 22.7 Å². The van der Waals surface area contributed by atoms with Crippen molar-refractivity contribution in [2.75, 3.05) is 0 Å². The van der Waals surface area contributed by atoms with Gasteiger partial charge in [0.15, 0.2) is 0 Å². The molecule has 0 N–H and O–H groups in total. The van der Waals surface area contributed by atoms with Gasteiger partial charge in [0.1, 0.15) is 0 Å². The predicted molar refractivity (Wildman–Crippen MR) is 43.8 cm³/mol. The third-order valence-corrected chi connectivity index (χ3v) is 1.98. The quantitative estimate of drug-likeness (QED) is 0.571. The molecule has 0 aliphatic carbocycles. The van der Waals surface area contributed by atoms with Crippen molar-refractivity contribution in [3.8, 4) is 0 Å². The van der Waals surface area contributed by atoms with Crippen molar-refractivity contribution in [3.05, 3.63) is 29.1 Å². The molecule has 1 aromatic heterocycles. The molecule has 1 nitrogen and oxygen atoms in total. The number of hydrogen-bond donors (Lipinski definition) is 0. The molecular formula is C8H5ClF5N. The van der Waals surface area contributed by atoms with Crippen LogP contribution in [0.15, 0.2) is 12.3 Å². The number of aromatic nitrogens is 1. The Morgan fingerprint density at radius 2 is 1.93 bits per heavy atom. The molecule has 0 aliphatic rings. The predicted octanol–water partition coefficient (Wildman–Crippen LogP) is 3.78. The fraction of sp³-hybridized carbons (Fsp3) is 0.375. The van der Waals surface area contributed by atoms with Gasteiger partial charge in [0.25, 0.3) is 6.43 Å². The summed E-state index contributed by atoms with van der Waals surface area (Å²) in [6, 6.07) is 0.511. The van der Waals surface area contributed by atoms with Crippen LogP contribution in [-0.2, 0) is 12.1 Å². The van der Waals surface area contributed by atoms with Crippen LogP contribution in [0.2, 0.25) is 0 Å². The van der Waals surface area contributed by atoms with Crippen molar-refractivity contribution in [1.82, 2.24) is 4.98 Å². The Bertz CT molecular complexity index is 349. The monoisotopic (exact) mass is 245 g/mol. The Morgan fingerprint density at radius 3 is 2.33 bits per heavy atom. The molecule has 0 saturated heterocycles. The Kier molecular flexibility index (Phi) is 3.49. The van der Waals surface area contributed by atoms with Gasteiger partial charge in [-0.2, -0.15) is 13.2 Å². The van der Waals surface area contributed by atoms with Gasteiger partial charge < -0.3 is 0 Å². The van der Waals surface area contributed by atoms with Crippen LogP contribution in [0, 0.1) is 0 Å². The van der Waals surface area contributed by atoms with Gasteiger partial charge in [0.2, 0.25) is 0 Å². The van der Waals surface area contributed by atoms with E-state index in [1.807, 2.05) is 0 Å². The van der Waals surface area contributed by atoms with Gasteiger partial charge in [0, 0.05) is 6.20 Å². The first-order valence-electron chi connectivity index (χ1n) is 3.77. The first kappa shape index (κ1) is 12.2. The lowest BCUT2D eigenvalue weighted by atomic mass is 10.1. The van der Waals surface area contributed by atoms with Gasteiger partial charge in [-0.05, 0) is 6.07 Å². The van der Waals surface area contributed by atoms with E-state index >= 15 is 0 Å². The molecule has 0 aliphatic heterocycles. The molecular weight excluding hydrogens is 241 g/mol. The minimum absolute atomic E-state index is 0.443. The van der Waals surface area contributed by atoms with Crippen molar-refractivity contribution in [3.63, 3.8) is 0 Å². The Balaban J connectivity index is 3.39. The normalized spacial score (nSPS) is 12.2. The lowest BCUT2D eigenvalue weighted by Crippen LogP contribution is -2.12. The van der Waals surface area contributed by atoms with Crippen LogP contribution < -0.4 is 0 Å². The second-order valence-corrected chi connectivity index (χ2v) is 2.92. The van der Waals surface area contributed by atoms with Crippen molar-refractivity contribution < 1.29 is 22.0 Å². The van der Waals surface area contributed by atoms with Crippen LogP contribution in [0.1, 0.15) is 23.2 Å². The summed E-state index contributed by atoms with van der Waals surface area (Å²) < 4.78 is 61.8. The van der Waals surface area contributed by atoms with Gasteiger partial charge >= 0.3 is 6.18 Å². The van der Waals surface area contributed by atoms with E-state index in [2.05, 4.69) is 4.98 Å². The summed E-state index contributed by atoms with van der Waals surface area (Å²) >= 11 is 5.24. The van der Waals surface area contributed by atoms with E-state index in [0.29, 0.717) is 6.07 Å². The molecule has 0 radical (unpaired) electrons. The molecule has 1 rings (SSSR count). The van der Waals surface area contributed by atoms with Crippen molar-refractivity contribution in [1.29, 1.82) is 0 Å². The minimum Gasteiger partial charge on any atom is -0.260 e. The molecule has 0 spiro atoms. The minimum atomic E-state index is -4.82. The zero-order valence-corrected chi connectivity index (χ0v) is 7.91. The van der Waals surface area contributed by atoms with Crippen LogP contribution in [0.25, 0.3) is 0 Å². The topological polar surface area (TPSA) is 12.9 Å². The second-order valence-electron chi connectivity index (χ2n) is 2.65. The summed E-state index contributed by atoms with van der Waals surface area (Å²) in [7, 11) is 0. The summed E-state index contributed by atoms with van der Waals surface area (Å²) in [6.07, 6.45) is -7.26. The van der Waals surface area contributed by atoms with Gasteiger partial charge in [-0.25, -0.2) is 8.78 Å². The SMILES string of the molecule is FC(F)c1c(C(F)(F)F)ccnc1CCl. The molecule has 0 aromatic carbocycles. The summed E-state index contributed by atoms with van der Waals surface area (Å²) in [5, 5.41) is 0. The third-order valence-electron chi connectivity index (χ3n) is 1.72. The number of halogens is 6. The average Bonchev–Trinajstić information content (AvgIpc) is 2.15. The van der Waals surface area contributed by atoms with Crippen LogP contribution in [0.4, 0.5) is 22.0 Å². The first-order chi connectivity index (χ1) is 6.88.